The summed E-state index contributed by atoms with van der Waals surface area (Å²) in [6.45, 7) is 10.0. The topological polar surface area (TPSA) is 32.7 Å². The molecule has 1 N–H and O–H groups in total. The van der Waals surface area contributed by atoms with E-state index < -0.39 is 0 Å². The maximum Gasteiger partial charge on any atom is 0.119 e. The molecule has 1 heterocycles. The van der Waals surface area contributed by atoms with Gasteiger partial charge in [-0.05, 0) is 92.1 Å². The fraction of sp³-hybridized carbons (Fsp3) is 0.379. The minimum Gasteiger partial charge on any atom is -0.513 e. The molecule has 0 amide bonds. The van der Waals surface area contributed by atoms with Gasteiger partial charge >= 0.3 is 0 Å². The first-order valence-corrected chi connectivity index (χ1v) is 11.9. The van der Waals surface area contributed by atoms with E-state index in [1.807, 2.05) is 12.2 Å². The van der Waals surface area contributed by atoms with Crippen molar-refractivity contribution in [2.45, 2.75) is 44.4 Å². The Kier molecular flexibility index (Phi) is 7.49. The molecule has 2 aromatic rings. The summed E-state index contributed by atoms with van der Waals surface area (Å²) in [6, 6.07) is 19.4. The summed E-state index contributed by atoms with van der Waals surface area (Å²) in [5.74, 6) is 1.85. The van der Waals surface area contributed by atoms with Crippen LogP contribution in [0.1, 0.15) is 55.6 Å². The van der Waals surface area contributed by atoms with Gasteiger partial charge in [0.1, 0.15) is 12.4 Å². The molecule has 2 atom stereocenters. The monoisotopic (exact) mass is 429 g/mol. The van der Waals surface area contributed by atoms with Crippen molar-refractivity contribution in [1.82, 2.24) is 4.90 Å². The first-order valence-electron chi connectivity index (χ1n) is 11.9. The van der Waals surface area contributed by atoms with Crippen LogP contribution in [-0.4, -0.2) is 36.2 Å². The highest BCUT2D eigenvalue weighted by Gasteiger charge is 2.32. The number of aliphatic hydroxyl groups is 1. The van der Waals surface area contributed by atoms with Gasteiger partial charge in [-0.25, -0.2) is 0 Å². The molecule has 1 fully saturated rings. The Bertz CT molecular complexity index is 948. The van der Waals surface area contributed by atoms with Gasteiger partial charge in [0.2, 0.25) is 0 Å². The molecule has 0 bridgehead atoms. The third-order valence-corrected chi connectivity index (χ3v) is 6.78. The van der Waals surface area contributed by atoms with E-state index in [1.54, 1.807) is 6.92 Å². The normalized spacial score (nSPS) is 22.2. The van der Waals surface area contributed by atoms with Gasteiger partial charge in [0.25, 0.3) is 0 Å². The molecule has 0 radical (unpaired) electrons. The Hall–Kier alpha value is -2.78. The van der Waals surface area contributed by atoms with E-state index >= 15 is 0 Å². The number of likely N-dealkylation sites (tertiary alicyclic amines) is 1. The molecule has 3 heteroatoms. The van der Waals surface area contributed by atoms with Gasteiger partial charge in [0, 0.05) is 12.5 Å². The SMILES string of the molecule is C=CC1=C(/C=C(\C)O)CC[C@H](c2ccccc2)[C@@H]1c1ccc(OCCN2CCCC2)cc1. The summed E-state index contributed by atoms with van der Waals surface area (Å²) in [7, 11) is 0. The summed E-state index contributed by atoms with van der Waals surface area (Å²) in [6.07, 6.45) is 8.48. The highest BCUT2D eigenvalue weighted by molar-refractivity contribution is 5.48. The van der Waals surface area contributed by atoms with E-state index in [9.17, 15) is 5.11 Å². The molecule has 32 heavy (non-hydrogen) atoms. The number of ether oxygens (including phenoxy) is 1. The standard InChI is InChI=1S/C29H35NO2/c1-3-27-25(21-22(2)31)13-16-28(23-9-5-4-6-10-23)29(27)24-11-14-26(15-12-24)32-20-19-30-17-7-8-18-30/h3-6,9-12,14-15,21,28-29,31H,1,7-8,13,16-20H2,2H3/b22-21+/t28-,29-/m1/s1. The molecule has 0 unspecified atom stereocenters. The van der Waals surface area contributed by atoms with Crippen LogP contribution in [0.2, 0.25) is 0 Å². The summed E-state index contributed by atoms with van der Waals surface area (Å²) in [4.78, 5) is 2.47. The average Bonchev–Trinajstić information content (AvgIpc) is 3.33. The molecule has 4 rings (SSSR count). The Balaban J connectivity index is 1.58. The third kappa shape index (κ3) is 5.34. The van der Waals surface area contributed by atoms with Gasteiger partial charge in [0.05, 0.1) is 5.76 Å². The summed E-state index contributed by atoms with van der Waals surface area (Å²) >= 11 is 0. The Morgan fingerprint density at radius 1 is 1.06 bits per heavy atom. The number of benzene rings is 2. The number of allylic oxidation sites excluding steroid dienone is 5. The summed E-state index contributed by atoms with van der Waals surface area (Å²) < 4.78 is 6.03. The van der Waals surface area contributed by atoms with Crippen molar-refractivity contribution in [1.29, 1.82) is 0 Å². The van der Waals surface area contributed by atoms with E-state index in [0.717, 1.165) is 31.7 Å². The van der Waals surface area contributed by atoms with Crippen molar-refractivity contribution in [2.75, 3.05) is 26.2 Å². The van der Waals surface area contributed by atoms with Crippen LogP contribution in [0.4, 0.5) is 0 Å². The highest BCUT2D eigenvalue weighted by atomic mass is 16.5. The van der Waals surface area contributed by atoms with Crippen molar-refractivity contribution < 1.29 is 9.84 Å². The largest absolute Gasteiger partial charge is 0.513 e. The molecule has 2 aromatic carbocycles. The first kappa shape index (κ1) is 22.4. The Morgan fingerprint density at radius 3 is 2.44 bits per heavy atom. The maximum absolute atomic E-state index is 9.93. The van der Waals surface area contributed by atoms with Crippen LogP contribution in [0.3, 0.4) is 0 Å². The second-order valence-electron chi connectivity index (χ2n) is 8.97. The lowest BCUT2D eigenvalue weighted by Gasteiger charge is -2.35. The van der Waals surface area contributed by atoms with Crippen LogP contribution in [0.5, 0.6) is 5.75 Å². The molecule has 0 saturated carbocycles. The van der Waals surface area contributed by atoms with Crippen molar-refractivity contribution >= 4 is 0 Å². The lowest BCUT2D eigenvalue weighted by atomic mass is 9.69. The number of hydrogen-bond acceptors (Lipinski definition) is 3. The molecule has 1 saturated heterocycles. The van der Waals surface area contributed by atoms with Gasteiger partial charge in [0.15, 0.2) is 0 Å². The molecular formula is C29H35NO2. The maximum atomic E-state index is 9.93. The number of hydrogen-bond donors (Lipinski definition) is 1. The molecular weight excluding hydrogens is 394 g/mol. The van der Waals surface area contributed by atoms with Crippen molar-refractivity contribution in [3.63, 3.8) is 0 Å². The fourth-order valence-electron chi connectivity index (χ4n) is 5.25. The van der Waals surface area contributed by atoms with Crippen LogP contribution < -0.4 is 4.74 Å². The van der Waals surface area contributed by atoms with Gasteiger partial charge in [-0.15, -0.1) is 0 Å². The van der Waals surface area contributed by atoms with Crippen molar-refractivity contribution in [3.05, 3.63) is 101 Å². The molecule has 3 nitrogen and oxygen atoms in total. The second kappa shape index (κ2) is 10.7. The van der Waals surface area contributed by atoms with Gasteiger partial charge in [-0.2, -0.15) is 0 Å². The van der Waals surface area contributed by atoms with E-state index in [1.165, 1.54) is 48.2 Å². The van der Waals surface area contributed by atoms with E-state index in [4.69, 9.17) is 4.74 Å². The van der Waals surface area contributed by atoms with E-state index in [2.05, 4.69) is 66.1 Å². The Morgan fingerprint density at radius 2 is 1.78 bits per heavy atom. The predicted octanol–water partition coefficient (Wildman–Crippen LogP) is 6.77. The zero-order valence-corrected chi connectivity index (χ0v) is 19.2. The fourth-order valence-corrected chi connectivity index (χ4v) is 5.25. The van der Waals surface area contributed by atoms with Crippen LogP contribution in [-0.2, 0) is 0 Å². The minimum absolute atomic E-state index is 0.202. The lowest BCUT2D eigenvalue weighted by molar-refractivity contribution is 0.237. The molecule has 1 aliphatic heterocycles. The summed E-state index contributed by atoms with van der Waals surface area (Å²) in [5, 5.41) is 9.93. The van der Waals surface area contributed by atoms with Crippen LogP contribution in [0.15, 0.2) is 90.2 Å². The molecule has 168 valence electrons. The molecule has 0 spiro atoms. The van der Waals surface area contributed by atoms with Crippen LogP contribution in [0, 0.1) is 0 Å². The number of nitrogens with zero attached hydrogens (tertiary/aromatic N) is 1. The molecule has 1 aliphatic carbocycles. The zero-order chi connectivity index (χ0) is 22.3. The second-order valence-corrected chi connectivity index (χ2v) is 8.97. The molecule has 0 aromatic heterocycles. The van der Waals surface area contributed by atoms with Crippen LogP contribution in [0.25, 0.3) is 0 Å². The highest BCUT2D eigenvalue weighted by Crippen LogP contribution is 2.48. The number of aliphatic hydroxyl groups excluding tert-OH is 1. The van der Waals surface area contributed by atoms with E-state index in [-0.39, 0.29) is 5.92 Å². The van der Waals surface area contributed by atoms with Crippen molar-refractivity contribution in [3.8, 4) is 5.75 Å². The Labute approximate surface area is 192 Å². The van der Waals surface area contributed by atoms with Crippen LogP contribution >= 0.6 is 0 Å². The minimum atomic E-state index is 0.202. The average molecular weight is 430 g/mol. The van der Waals surface area contributed by atoms with Crippen molar-refractivity contribution in [2.24, 2.45) is 0 Å². The number of rotatable bonds is 8. The predicted molar refractivity (Wildman–Crippen MR) is 132 cm³/mol. The first-order chi connectivity index (χ1) is 15.7. The van der Waals surface area contributed by atoms with Gasteiger partial charge < -0.3 is 9.84 Å². The molecule has 2 aliphatic rings. The van der Waals surface area contributed by atoms with E-state index in [0.29, 0.717) is 11.7 Å². The quantitative estimate of drug-likeness (QED) is 0.470. The van der Waals surface area contributed by atoms with Gasteiger partial charge in [-0.1, -0.05) is 55.1 Å². The van der Waals surface area contributed by atoms with Gasteiger partial charge in [-0.3, -0.25) is 4.90 Å². The summed E-state index contributed by atoms with van der Waals surface area (Å²) in [5.41, 5.74) is 5.01. The smallest absolute Gasteiger partial charge is 0.119 e. The zero-order valence-electron chi connectivity index (χ0n) is 19.2. The third-order valence-electron chi connectivity index (χ3n) is 6.78. The lowest BCUT2D eigenvalue weighted by Crippen LogP contribution is -2.25.